The number of fused-ring (bicyclic) bond motifs is 5. The number of carbonyl (C=O) groups is 4. The largest absolute Gasteiger partial charge is 0.458 e. The molecule has 216 valence electrons. The van der Waals surface area contributed by atoms with Crippen molar-refractivity contribution in [3.63, 3.8) is 0 Å². The van der Waals surface area contributed by atoms with Crippen molar-refractivity contribution in [1.29, 1.82) is 0 Å². The molecular formula is C29H34O11. The van der Waals surface area contributed by atoms with Gasteiger partial charge in [-0.3, -0.25) is 14.4 Å². The van der Waals surface area contributed by atoms with Crippen LogP contribution in [0.3, 0.4) is 0 Å². The number of carbonyl (C=O) groups excluding carboxylic acids is 4. The summed E-state index contributed by atoms with van der Waals surface area (Å²) in [6.07, 6.45) is 1.55. The van der Waals surface area contributed by atoms with Crippen LogP contribution in [0.4, 0.5) is 0 Å². The van der Waals surface area contributed by atoms with E-state index in [9.17, 15) is 29.4 Å². The highest BCUT2D eigenvalue weighted by molar-refractivity contribution is 6.00. The van der Waals surface area contributed by atoms with Crippen molar-refractivity contribution in [1.82, 2.24) is 0 Å². The first-order valence-electron chi connectivity index (χ1n) is 14.2. The van der Waals surface area contributed by atoms with Crippen molar-refractivity contribution >= 4 is 23.5 Å². The minimum atomic E-state index is -2.28. The molecule has 0 aromatic heterocycles. The first-order valence-corrected chi connectivity index (χ1v) is 14.2. The summed E-state index contributed by atoms with van der Waals surface area (Å²) >= 11 is 0. The highest BCUT2D eigenvalue weighted by Gasteiger charge is 2.93. The Kier molecular flexibility index (Phi) is 4.39. The molecule has 0 radical (unpaired) electrons. The van der Waals surface area contributed by atoms with Crippen LogP contribution in [0.25, 0.3) is 0 Å². The average molecular weight is 559 g/mol. The molecule has 5 heterocycles. The maximum absolute atomic E-state index is 15.0. The summed E-state index contributed by atoms with van der Waals surface area (Å²) in [5.41, 5.74) is -9.52. The minimum absolute atomic E-state index is 0.0168. The van der Waals surface area contributed by atoms with E-state index in [4.69, 9.17) is 23.7 Å². The number of allylic oxidation sites excluding steroid dienone is 1. The lowest BCUT2D eigenvalue weighted by Gasteiger charge is -2.64. The van der Waals surface area contributed by atoms with E-state index in [1.54, 1.807) is 19.9 Å². The summed E-state index contributed by atoms with van der Waals surface area (Å²) in [4.78, 5) is 56.0. The monoisotopic (exact) mass is 558 g/mol. The normalized spacial score (nSPS) is 60.8. The highest BCUT2D eigenvalue weighted by Crippen LogP contribution is 2.75. The van der Waals surface area contributed by atoms with Gasteiger partial charge in [0.2, 0.25) is 5.79 Å². The van der Waals surface area contributed by atoms with E-state index >= 15 is 0 Å². The standard InChI is InChI=1S/C29H34O11/c1-23-11-18-25(3)29-19(23)20(32)28(40-29,37-12-15(23)21(33)38-18)14-10-17(31)27(36-4)8-5-6-16(30)24(27,2)13(14)7-9-26(29,35)22(34)39-25/h5-6,13-15,17-19,31,35H,7-12H2,1-4H3/t13-,14+,15-,17+,18+,19-,23+,24-,25-,26+,27-,28+,29-/m0/s1. The second kappa shape index (κ2) is 6.89. The van der Waals surface area contributed by atoms with E-state index in [1.165, 1.54) is 13.2 Å². The zero-order valence-corrected chi connectivity index (χ0v) is 22.9. The fourth-order valence-corrected chi connectivity index (χ4v) is 11.0. The van der Waals surface area contributed by atoms with Crippen LogP contribution in [0.5, 0.6) is 0 Å². The molecule has 5 bridgehead atoms. The van der Waals surface area contributed by atoms with Gasteiger partial charge in [0, 0.05) is 13.0 Å². The SMILES string of the molecule is CO[C@]12CC=CC(=O)[C@]1(C)[C@H]1CC[C@@]3(O)C(=O)O[C@@]4(C)[C@H]5C[C@]6(C)[C@@H](CO[C@@]7(O[C@]34[C@H]6C7=O)[C@@H]1C[C@H]2O)C(=O)O5. The molecule has 2 saturated carbocycles. The summed E-state index contributed by atoms with van der Waals surface area (Å²) in [6, 6.07) is 0. The fraction of sp³-hybridized carbons (Fsp3) is 0.793. The molecule has 5 aliphatic heterocycles. The van der Waals surface area contributed by atoms with E-state index in [0.717, 1.165) is 0 Å². The van der Waals surface area contributed by atoms with Crippen LogP contribution in [0.15, 0.2) is 12.2 Å². The molecule has 5 saturated heterocycles. The van der Waals surface area contributed by atoms with Gasteiger partial charge >= 0.3 is 11.9 Å². The molecule has 8 rings (SSSR count). The van der Waals surface area contributed by atoms with Crippen molar-refractivity contribution in [2.75, 3.05) is 13.7 Å². The molecule has 8 aliphatic rings. The molecule has 0 unspecified atom stereocenters. The van der Waals surface area contributed by atoms with Crippen LogP contribution in [0.1, 0.15) is 52.9 Å². The predicted octanol–water partition coefficient (Wildman–Crippen LogP) is 0.377. The summed E-state index contributed by atoms with van der Waals surface area (Å²) in [6.45, 7) is 4.93. The minimum Gasteiger partial charge on any atom is -0.458 e. The van der Waals surface area contributed by atoms with Gasteiger partial charge in [0.25, 0.3) is 0 Å². The number of rotatable bonds is 1. The van der Waals surface area contributed by atoms with E-state index in [-0.39, 0.29) is 44.5 Å². The molecular weight excluding hydrogens is 524 g/mol. The Labute approximate surface area is 230 Å². The number of aliphatic hydroxyl groups excluding tert-OH is 1. The highest BCUT2D eigenvalue weighted by atomic mass is 16.8. The Bertz CT molecular complexity index is 1340. The van der Waals surface area contributed by atoms with Gasteiger partial charge in [0.05, 0.1) is 30.0 Å². The van der Waals surface area contributed by atoms with Gasteiger partial charge < -0.3 is 33.9 Å². The van der Waals surface area contributed by atoms with Gasteiger partial charge in [-0.1, -0.05) is 13.0 Å². The maximum atomic E-state index is 15.0. The first-order chi connectivity index (χ1) is 18.7. The lowest BCUT2D eigenvalue weighted by molar-refractivity contribution is -0.382. The average Bonchev–Trinajstić information content (AvgIpc) is 3.22. The molecule has 0 aromatic carbocycles. The molecule has 0 amide bonds. The number of methoxy groups -OCH3 is 1. The summed E-state index contributed by atoms with van der Waals surface area (Å²) in [7, 11) is 1.46. The van der Waals surface area contributed by atoms with Crippen LogP contribution in [-0.4, -0.2) is 87.8 Å². The Morgan fingerprint density at radius 3 is 2.58 bits per heavy atom. The van der Waals surface area contributed by atoms with E-state index < -0.39 is 92.6 Å². The second-order valence-electron chi connectivity index (χ2n) is 13.9. The molecule has 40 heavy (non-hydrogen) atoms. The van der Waals surface area contributed by atoms with Gasteiger partial charge in [0.1, 0.15) is 11.7 Å². The number of Topliss-reactive ketones (excluding diaryl/α,β-unsaturated/α-hetero) is 1. The lowest BCUT2D eigenvalue weighted by atomic mass is 9.46. The molecule has 0 aromatic rings. The quantitative estimate of drug-likeness (QED) is 0.429. The summed E-state index contributed by atoms with van der Waals surface area (Å²) in [5.74, 6) is -7.78. The van der Waals surface area contributed by atoms with Crippen LogP contribution in [-0.2, 0) is 42.9 Å². The topological polar surface area (TPSA) is 155 Å². The summed E-state index contributed by atoms with van der Waals surface area (Å²) < 4.78 is 31.1. The van der Waals surface area contributed by atoms with E-state index in [0.29, 0.717) is 0 Å². The Morgan fingerprint density at radius 2 is 1.85 bits per heavy atom. The van der Waals surface area contributed by atoms with Gasteiger partial charge in [-0.2, -0.15) is 0 Å². The van der Waals surface area contributed by atoms with Crippen molar-refractivity contribution in [2.24, 2.45) is 34.5 Å². The predicted molar refractivity (Wildman–Crippen MR) is 130 cm³/mol. The fourth-order valence-electron chi connectivity index (χ4n) is 11.0. The smallest absolute Gasteiger partial charge is 0.342 e. The zero-order chi connectivity index (χ0) is 28.5. The van der Waals surface area contributed by atoms with Crippen molar-refractivity contribution in [3.05, 3.63) is 12.2 Å². The lowest BCUT2D eigenvalue weighted by Crippen LogP contribution is -2.79. The van der Waals surface area contributed by atoms with E-state index in [2.05, 4.69) is 0 Å². The third kappa shape index (κ3) is 2.13. The third-order valence-corrected chi connectivity index (χ3v) is 13.0. The van der Waals surface area contributed by atoms with E-state index in [1.807, 2.05) is 6.92 Å². The van der Waals surface area contributed by atoms with Crippen LogP contribution in [0, 0.1) is 34.5 Å². The van der Waals surface area contributed by atoms with Crippen molar-refractivity contribution in [2.45, 2.75) is 93.3 Å². The second-order valence-corrected chi connectivity index (χ2v) is 13.9. The molecule has 3 aliphatic carbocycles. The first kappa shape index (κ1) is 25.5. The van der Waals surface area contributed by atoms with Crippen molar-refractivity contribution in [3.8, 4) is 0 Å². The molecule has 2 spiro atoms. The number of aliphatic hydroxyl groups is 2. The third-order valence-electron chi connectivity index (χ3n) is 13.0. The number of hydrogen-bond acceptors (Lipinski definition) is 11. The number of ketones is 2. The molecule has 11 heteroatoms. The number of ether oxygens (including phenoxy) is 5. The van der Waals surface area contributed by atoms with Gasteiger partial charge in [0.15, 0.2) is 28.4 Å². The van der Waals surface area contributed by atoms with Crippen LogP contribution < -0.4 is 0 Å². The number of hydrogen-bond donors (Lipinski definition) is 2. The van der Waals surface area contributed by atoms with Crippen molar-refractivity contribution < 1.29 is 53.1 Å². The Balaban J connectivity index is 1.43. The van der Waals surface area contributed by atoms with Crippen LogP contribution in [0.2, 0.25) is 0 Å². The molecule has 13 atom stereocenters. The molecule has 11 nitrogen and oxygen atoms in total. The maximum Gasteiger partial charge on any atom is 0.342 e. The number of esters is 2. The van der Waals surface area contributed by atoms with Gasteiger partial charge in [-0.05, 0) is 63.4 Å². The zero-order valence-electron chi connectivity index (χ0n) is 22.9. The summed E-state index contributed by atoms with van der Waals surface area (Å²) in [5, 5.41) is 24.2. The Morgan fingerprint density at radius 1 is 1.10 bits per heavy atom. The molecule has 7 fully saturated rings. The van der Waals surface area contributed by atoms with Gasteiger partial charge in [-0.15, -0.1) is 0 Å². The van der Waals surface area contributed by atoms with Gasteiger partial charge in [-0.25, -0.2) is 4.79 Å². The van der Waals surface area contributed by atoms with Crippen LogP contribution >= 0.6 is 0 Å². The molecule has 2 N–H and O–H groups in total. The Hall–Kier alpha value is -2.18.